The summed E-state index contributed by atoms with van der Waals surface area (Å²) in [6.07, 6.45) is 3.59. The first kappa shape index (κ1) is 13.8. The highest BCUT2D eigenvalue weighted by atomic mass is 32.1. The van der Waals surface area contributed by atoms with Gasteiger partial charge in [0.1, 0.15) is 5.82 Å². The summed E-state index contributed by atoms with van der Waals surface area (Å²) < 4.78 is 13.6. The van der Waals surface area contributed by atoms with Crippen molar-refractivity contribution in [1.82, 2.24) is 4.98 Å². The number of rotatable bonds is 2. The number of carbonyl (C=O) groups is 1. The van der Waals surface area contributed by atoms with Crippen LogP contribution in [0.1, 0.15) is 51.8 Å². The van der Waals surface area contributed by atoms with E-state index in [0.717, 1.165) is 11.8 Å². The highest BCUT2D eigenvalue weighted by Gasteiger charge is 2.21. The summed E-state index contributed by atoms with van der Waals surface area (Å²) in [6, 6.07) is 3.58. The first-order valence-electron chi connectivity index (χ1n) is 6.64. The Bertz CT molecular complexity index is 753. The zero-order valence-electron chi connectivity index (χ0n) is 11.1. The van der Waals surface area contributed by atoms with Gasteiger partial charge in [0, 0.05) is 11.3 Å². The van der Waals surface area contributed by atoms with Crippen LogP contribution in [0.5, 0.6) is 0 Å². The molecule has 0 radical (unpaired) electrons. The molecule has 106 valence electrons. The number of hydrogen-bond acceptors (Lipinski definition) is 3. The molecule has 1 aromatic heterocycles. The van der Waals surface area contributed by atoms with Crippen LogP contribution in [0.15, 0.2) is 23.6 Å². The SMILES string of the molecule is O=C(O)c1ccc(F)c(C#Cc2nc(C3CCC3)cs2)c1. The molecule has 5 heteroatoms. The number of hydrogen-bond donors (Lipinski definition) is 1. The number of carboxylic acid groups (broad SMARTS) is 1. The smallest absolute Gasteiger partial charge is 0.335 e. The first-order chi connectivity index (χ1) is 10.1. The fourth-order valence-corrected chi connectivity index (χ4v) is 2.86. The van der Waals surface area contributed by atoms with Gasteiger partial charge in [-0.3, -0.25) is 0 Å². The van der Waals surface area contributed by atoms with E-state index in [1.807, 2.05) is 5.38 Å². The second-order valence-corrected chi connectivity index (χ2v) is 5.81. The van der Waals surface area contributed by atoms with E-state index < -0.39 is 11.8 Å². The molecule has 3 rings (SSSR count). The van der Waals surface area contributed by atoms with Crippen LogP contribution in [0.3, 0.4) is 0 Å². The number of halogens is 1. The Morgan fingerprint density at radius 1 is 1.38 bits per heavy atom. The van der Waals surface area contributed by atoms with Crippen molar-refractivity contribution in [2.45, 2.75) is 25.2 Å². The molecule has 0 amide bonds. The molecule has 1 N–H and O–H groups in total. The first-order valence-corrected chi connectivity index (χ1v) is 7.52. The lowest BCUT2D eigenvalue weighted by molar-refractivity contribution is 0.0697. The second-order valence-electron chi connectivity index (χ2n) is 4.96. The maximum atomic E-state index is 13.6. The van der Waals surface area contributed by atoms with Crippen LogP contribution in [0.4, 0.5) is 4.39 Å². The number of aromatic carboxylic acids is 1. The predicted molar refractivity (Wildman–Crippen MR) is 78.0 cm³/mol. The average molecular weight is 301 g/mol. The molecule has 0 saturated heterocycles. The van der Waals surface area contributed by atoms with Crippen LogP contribution in [-0.2, 0) is 0 Å². The van der Waals surface area contributed by atoms with Crippen molar-refractivity contribution in [3.63, 3.8) is 0 Å². The highest BCUT2D eigenvalue weighted by Crippen LogP contribution is 2.36. The molecule has 1 aliphatic rings. The normalized spacial score (nSPS) is 14.1. The minimum absolute atomic E-state index is 0.0231. The lowest BCUT2D eigenvalue weighted by atomic mass is 9.83. The topological polar surface area (TPSA) is 50.2 Å². The van der Waals surface area contributed by atoms with Crippen molar-refractivity contribution >= 4 is 17.3 Å². The maximum Gasteiger partial charge on any atom is 0.335 e. The largest absolute Gasteiger partial charge is 0.478 e. The minimum atomic E-state index is -1.10. The minimum Gasteiger partial charge on any atom is -0.478 e. The Labute approximate surface area is 125 Å². The van der Waals surface area contributed by atoms with Gasteiger partial charge < -0.3 is 5.11 Å². The monoisotopic (exact) mass is 301 g/mol. The van der Waals surface area contributed by atoms with Gasteiger partial charge in [-0.15, -0.1) is 11.3 Å². The summed E-state index contributed by atoms with van der Waals surface area (Å²) in [5.41, 5.74) is 1.17. The second kappa shape index (κ2) is 5.66. The van der Waals surface area contributed by atoms with E-state index >= 15 is 0 Å². The van der Waals surface area contributed by atoms with Gasteiger partial charge in [0.25, 0.3) is 0 Å². The van der Waals surface area contributed by atoms with Gasteiger partial charge in [-0.25, -0.2) is 14.2 Å². The summed E-state index contributed by atoms with van der Waals surface area (Å²) in [5.74, 6) is 4.41. The summed E-state index contributed by atoms with van der Waals surface area (Å²) in [4.78, 5) is 15.3. The Morgan fingerprint density at radius 2 is 2.19 bits per heavy atom. The third kappa shape index (κ3) is 2.96. The molecule has 1 aliphatic carbocycles. The Morgan fingerprint density at radius 3 is 2.86 bits per heavy atom. The van der Waals surface area contributed by atoms with Gasteiger partial charge in [0.05, 0.1) is 16.8 Å². The van der Waals surface area contributed by atoms with Crippen LogP contribution in [-0.4, -0.2) is 16.1 Å². The van der Waals surface area contributed by atoms with Crippen LogP contribution in [0.2, 0.25) is 0 Å². The Kier molecular flexibility index (Phi) is 3.72. The van der Waals surface area contributed by atoms with Crippen molar-refractivity contribution in [1.29, 1.82) is 0 Å². The highest BCUT2D eigenvalue weighted by molar-refractivity contribution is 7.10. The fourth-order valence-electron chi connectivity index (χ4n) is 2.11. The Hall–Kier alpha value is -2.19. The number of thiazole rings is 1. The third-order valence-electron chi connectivity index (χ3n) is 3.56. The van der Waals surface area contributed by atoms with Crippen molar-refractivity contribution in [2.75, 3.05) is 0 Å². The Balaban J connectivity index is 1.84. The zero-order chi connectivity index (χ0) is 14.8. The van der Waals surface area contributed by atoms with Gasteiger partial charge in [-0.1, -0.05) is 12.3 Å². The van der Waals surface area contributed by atoms with E-state index in [1.54, 1.807) is 0 Å². The molecule has 0 spiro atoms. The molecule has 1 heterocycles. The molecule has 3 nitrogen and oxygen atoms in total. The zero-order valence-corrected chi connectivity index (χ0v) is 11.9. The van der Waals surface area contributed by atoms with Crippen LogP contribution >= 0.6 is 11.3 Å². The lowest BCUT2D eigenvalue weighted by Crippen LogP contribution is -2.08. The fraction of sp³-hybridized carbons (Fsp3) is 0.250. The third-order valence-corrected chi connectivity index (χ3v) is 4.34. The van der Waals surface area contributed by atoms with Crippen LogP contribution in [0.25, 0.3) is 0 Å². The molecular weight excluding hydrogens is 289 g/mol. The van der Waals surface area contributed by atoms with Crippen molar-refractivity contribution in [3.05, 3.63) is 51.2 Å². The van der Waals surface area contributed by atoms with Gasteiger partial charge in [0.15, 0.2) is 5.01 Å². The van der Waals surface area contributed by atoms with Gasteiger partial charge >= 0.3 is 5.97 Å². The number of nitrogens with zero attached hydrogens (tertiary/aromatic N) is 1. The van der Waals surface area contributed by atoms with Crippen molar-refractivity contribution in [3.8, 4) is 11.8 Å². The van der Waals surface area contributed by atoms with E-state index in [1.165, 1.54) is 42.7 Å². The molecule has 1 saturated carbocycles. The lowest BCUT2D eigenvalue weighted by Gasteiger charge is -2.22. The van der Waals surface area contributed by atoms with E-state index in [0.29, 0.717) is 10.9 Å². The molecule has 21 heavy (non-hydrogen) atoms. The van der Waals surface area contributed by atoms with E-state index in [-0.39, 0.29) is 11.1 Å². The molecule has 1 fully saturated rings. The molecule has 1 aromatic carbocycles. The van der Waals surface area contributed by atoms with Gasteiger partial charge in [-0.2, -0.15) is 0 Å². The van der Waals surface area contributed by atoms with Crippen LogP contribution < -0.4 is 0 Å². The molecule has 0 aliphatic heterocycles. The van der Waals surface area contributed by atoms with E-state index in [2.05, 4.69) is 16.8 Å². The van der Waals surface area contributed by atoms with E-state index in [4.69, 9.17) is 5.11 Å². The number of aromatic nitrogens is 1. The summed E-state index contributed by atoms with van der Waals surface area (Å²) in [7, 11) is 0. The molecule has 2 aromatic rings. The summed E-state index contributed by atoms with van der Waals surface area (Å²) >= 11 is 1.44. The quantitative estimate of drug-likeness (QED) is 0.861. The van der Waals surface area contributed by atoms with E-state index in [9.17, 15) is 9.18 Å². The molecule has 0 atom stereocenters. The predicted octanol–water partition coefficient (Wildman–Crippen LogP) is 3.65. The average Bonchev–Trinajstić information content (AvgIpc) is 2.84. The maximum absolute atomic E-state index is 13.6. The standard InChI is InChI=1S/C16H12FNO2S/c17-13-6-4-12(16(19)20)8-11(13)5-7-15-18-14(9-21-15)10-2-1-3-10/h4,6,8-10H,1-3H2,(H,19,20). The van der Waals surface area contributed by atoms with Gasteiger partial charge in [0.2, 0.25) is 0 Å². The molecule has 0 unspecified atom stereocenters. The van der Waals surface area contributed by atoms with Crippen molar-refractivity contribution in [2.24, 2.45) is 0 Å². The summed E-state index contributed by atoms with van der Waals surface area (Å²) in [5, 5.41) is 11.5. The number of carboxylic acids is 1. The molecular formula is C16H12FNO2S. The number of benzene rings is 1. The van der Waals surface area contributed by atoms with Gasteiger partial charge in [-0.05, 0) is 37.0 Å². The summed E-state index contributed by atoms with van der Waals surface area (Å²) in [6.45, 7) is 0. The molecule has 0 bridgehead atoms. The van der Waals surface area contributed by atoms with Crippen LogP contribution in [0, 0.1) is 17.7 Å². The van der Waals surface area contributed by atoms with Crippen molar-refractivity contribution < 1.29 is 14.3 Å².